The van der Waals surface area contributed by atoms with Crippen molar-refractivity contribution < 1.29 is 14.7 Å². The summed E-state index contributed by atoms with van der Waals surface area (Å²) in [6, 6.07) is 0. The summed E-state index contributed by atoms with van der Waals surface area (Å²) >= 11 is 0. The number of aliphatic carboxylic acids is 1. The quantitative estimate of drug-likeness (QED) is 0.574. The second kappa shape index (κ2) is 7.68. The van der Waals surface area contributed by atoms with Crippen molar-refractivity contribution in [1.29, 1.82) is 0 Å². The Hall–Kier alpha value is -0.00364. The van der Waals surface area contributed by atoms with Gasteiger partial charge in [0.15, 0.2) is 5.78 Å². The van der Waals surface area contributed by atoms with Gasteiger partial charge in [0.2, 0.25) is 0 Å². The Kier molecular flexibility index (Phi) is 6.17. The molecule has 1 N–H and O–H groups in total. The number of carboxylic acids is 1. The predicted molar refractivity (Wildman–Crippen MR) is 109 cm³/mol. The van der Waals surface area contributed by atoms with Gasteiger partial charge in [-0.1, -0.05) is 38.2 Å². The van der Waals surface area contributed by atoms with Gasteiger partial charge in [0.25, 0.3) is 0 Å². The Morgan fingerprint density at radius 1 is 1.30 bits per heavy atom. The van der Waals surface area contributed by atoms with E-state index in [1.807, 2.05) is 6.08 Å². The molecule has 0 aliphatic heterocycles. The molecule has 0 radical (unpaired) electrons. The van der Waals surface area contributed by atoms with E-state index in [4.69, 9.17) is 5.11 Å². The molecule has 0 aromatic carbocycles. The van der Waals surface area contributed by atoms with Crippen LogP contribution >= 0.6 is 0 Å². The molecule has 4 aliphatic rings. The number of rotatable bonds is 3. The van der Waals surface area contributed by atoms with E-state index in [-0.39, 0.29) is 74.4 Å². The maximum atomic E-state index is 11.9. The van der Waals surface area contributed by atoms with Crippen LogP contribution in [0.1, 0.15) is 58.8 Å². The molecular formula is C23H31KO3. The number of ketones is 1. The molecule has 0 unspecified atom stereocenters. The average Bonchev–Trinajstić information content (AvgIpc) is 2.83. The van der Waals surface area contributed by atoms with Crippen LogP contribution in [-0.2, 0) is 9.59 Å². The number of hydrogen-bond acceptors (Lipinski definition) is 2. The zero-order valence-electron chi connectivity index (χ0n) is 16.0. The number of carboxylic acid groups (broad SMARTS) is 1. The van der Waals surface area contributed by atoms with Gasteiger partial charge >= 0.3 is 57.4 Å². The first kappa shape index (κ1) is 21.7. The number of allylic oxidation sites excluding steroid dienone is 5. The van der Waals surface area contributed by atoms with Crippen molar-refractivity contribution in [2.45, 2.75) is 58.8 Å². The van der Waals surface area contributed by atoms with Crippen molar-refractivity contribution in [3.63, 3.8) is 0 Å². The van der Waals surface area contributed by atoms with Crippen molar-refractivity contribution in [1.82, 2.24) is 0 Å². The fourth-order valence-corrected chi connectivity index (χ4v) is 6.86. The molecule has 3 nitrogen and oxygen atoms in total. The number of carbonyl (C=O) groups is 2. The molecule has 2 saturated carbocycles. The second-order valence-corrected chi connectivity index (χ2v) is 9.52. The summed E-state index contributed by atoms with van der Waals surface area (Å²) in [6.07, 6.45) is 12.4. The van der Waals surface area contributed by atoms with Gasteiger partial charge in [0, 0.05) is 12.8 Å². The van der Waals surface area contributed by atoms with Crippen molar-refractivity contribution in [2.24, 2.45) is 34.5 Å². The van der Waals surface area contributed by atoms with Crippen LogP contribution < -0.4 is 0 Å². The van der Waals surface area contributed by atoms with E-state index in [1.54, 1.807) is 0 Å². The van der Waals surface area contributed by atoms with Gasteiger partial charge in [-0.15, -0.1) is 0 Å². The Labute approximate surface area is 205 Å². The zero-order valence-corrected chi connectivity index (χ0v) is 16.0. The van der Waals surface area contributed by atoms with Crippen LogP contribution in [0, 0.1) is 34.5 Å². The fraction of sp³-hybridized carbons (Fsp3) is 0.652. The Morgan fingerprint density at radius 3 is 2.74 bits per heavy atom. The topological polar surface area (TPSA) is 54.4 Å². The van der Waals surface area contributed by atoms with Crippen molar-refractivity contribution in [3.8, 4) is 0 Å². The summed E-state index contributed by atoms with van der Waals surface area (Å²) in [6.45, 7) is 9.10. The monoisotopic (exact) mass is 394 g/mol. The summed E-state index contributed by atoms with van der Waals surface area (Å²) < 4.78 is 0. The molecule has 0 spiro atoms. The molecule has 4 aliphatic carbocycles. The molecular weight excluding hydrogens is 363 g/mol. The van der Waals surface area contributed by atoms with Gasteiger partial charge in [0.05, 0.1) is 0 Å². The average molecular weight is 395 g/mol. The van der Waals surface area contributed by atoms with Crippen LogP contribution in [0.15, 0.2) is 36.0 Å². The first-order valence-electron chi connectivity index (χ1n) is 10.1. The molecule has 0 amide bonds. The standard InChI is InChI=1S/C23H30O3.K.H/c1-14-12-20-17-5-4-15-13-16(24)8-10-22(15,2)19(17)9-11-23(20,3)18(14)6-7-21(25)26;;/h4-5,13,17-20H,1,6-12H2,2-3H3,(H,25,26);;/t17-,18-,19+,20+,22+,23-;;/m1../s1. The fourth-order valence-electron chi connectivity index (χ4n) is 6.86. The molecule has 6 atom stereocenters. The van der Waals surface area contributed by atoms with Crippen molar-refractivity contribution >= 4 is 63.1 Å². The summed E-state index contributed by atoms with van der Waals surface area (Å²) in [5.74, 6) is 1.57. The van der Waals surface area contributed by atoms with E-state index in [1.165, 1.54) is 17.6 Å². The van der Waals surface area contributed by atoms with Gasteiger partial charge in [0.1, 0.15) is 0 Å². The van der Waals surface area contributed by atoms with Crippen LogP contribution in [0.25, 0.3) is 0 Å². The summed E-state index contributed by atoms with van der Waals surface area (Å²) in [4.78, 5) is 23.0. The molecule has 4 rings (SSSR count). The third kappa shape index (κ3) is 3.44. The number of carbonyl (C=O) groups excluding carboxylic acids is 1. The van der Waals surface area contributed by atoms with Gasteiger partial charge in [-0.05, 0) is 78.3 Å². The minimum absolute atomic E-state index is 0. The molecule has 142 valence electrons. The van der Waals surface area contributed by atoms with E-state index in [0.717, 1.165) is 25.7 Å². The van der Waals surface area contributed by atoms with E-state index in [2.05, 4.69) is 32.6 Å². The van der Waals surface area contributed by atoms with Crippen LogP contribution in [-0.4, -0.2) is 68.2 Å². The predicted octanol–water partition coefficient (Wildman–Crippen LogP) is 4.29. The molecule has 0 aromatic heterocycles. The van der Waals surface area contributed by atoms with E-state index in [0.29, 0.717) is 30.1 Å². The summed E-state index contributed by atoms with van der Waals surface area (Å²) in [7, 11) is 0. The van der Waals surface area contributed by atoms with Gasteiger partial charge in [-0.2, -0.15) is 0 Å². The molecule has 2 fully saturated rings. The zero-order chi connectivity index (χ0) is 18.7. The third-order valence-electron chi connectivity index (χ3n) is 8.37. The maximum absolute atomic E-state index is 11.9. The summed E-state index contributed by atoms with van der Waals surface area (Å²) in [5.41, 5.74) is 2.78. The number of hydrogen-bond donors (Lipinski definition) is 1. The van der Waals surface area contributed by atoms with Gasteiger partial charge < -0.3 is 5.11 Å². The molecule has 0 saturated heterocycles. The van der Waals surface area contributed by atoms with Crippen molar-refractivity contribution in [3.05, 3.63) is 36.0 Å². The Morgan fingerprint density at radius 2 is 2.04 bits per heavy atom. The molecule has 4 heteroatoms. The third-order valence-corrected chi connectivity index (χ3v) is 8.37. The normalized spacial score (nSPS) is 42.5. The molecule has 0 heterocycles. The number of fused-ring (bicyclic) bond motifs is 5. The first-order chi connectivity index (χ1) is 12.3. The minimum atomic E-state index is -0.703. The Balaban J connectivity index is 0.00000210. The van der Waals surface area contributed by atoms with E-state index >= 15 is 0 Å². The van der Waals surface area contributed by atoms with Crippen molar-refractivity contribution in [2.75, 3.05) is 0 Å². The Bertz CT molecular complexity index is 736. The second-order valence-electron chi connectivity index (χ2n) is 9.52. The molecule has 0 bridgehead atoms. The van der Waals surface area contributed by atoms with Gasteiger partial charge in [-0.25, -0.2) is 0 Å². The first-order valence-corrected chi connectivity index (χ1v) is 10.1. The van der Waals surface area contributed by atoms with E-state index in [9.17, 15) is 9.59 Å². The molecule has 27 heavy (non-hydrogen) atoms. The van der Waals surface area contributed by atoms with Crippen LogP contribution in [0.2, 0.25) is 0 Å². The van der Waals surface area contributed by atoms with E-state index < -0.39 is 5.97 Å². The molecule has 0 aromatic rings. The van der Waals surface area contributed by atoms with Gasteiger partial charge in [-0.3, -0.25) is 9.59 Å². The van der Waals surface area contributed by atoms with Crippen LogP contribution in [0.3, 0.4) is 0 Å². The van der Waals surface area contributed by atoms with Crippen LogP contribution in [0.5, 0.6) is 0 Å². The summed E-state index contributed by atoms with van der Waals surface area (Å²) in [5, 5.41) is 9.14. The van der Waals surface area contributed by atoms with Crippen LogP contribution in [0.4, 0.5) is 0 Å². The SMILES string of the molecule is C=C1C[C@H]2[C@@H]3C=CC4=CC(=O)CC[C@]4(C)[C@H]3CC[C@]2(C)[C@@H]1CCC(=O)O.[KH].